The number of carbonyl (C=O) groups excluding carboxylic acids is 1. The summed E-state index contributed by atoms with van der Waals surface area (Å²) in [5.74, 6) is 1.21. The van der Waals surface area contributed by atoms with Gasteiger partial charge in [0.2, 0.25) is 5.91 Å². The van der Waals surface area contributed by atoms with E-state index in [1.807, 2.05) is 38.1 Å². The smallest absolute Gasteiger partial charge is 0.224 e. The van der Waals surface area contributed by atoms with Gasteiger partial charge in [-0.15, -0.1) is 0 Å². The van der Waals surface area contributed by atoms with Crippen LogP contribution in [-0.4, -0.2) is 13.0 Å². The Kier molecular flexibility index (Phi) is 5.80. The van der Waals surface area contributed by atoms with Crippen molar-refractivity contribution in [3.63, 3.8) is 0 Å². The number of anilines is 1. The molecular formula is C20H25NO2. The minimum absolute atomic E-state index is 0.0692. The third kappa shape index (κ3) is 5.13. The standard InChI is InChI=1S/C20H25NO2/c1-14-5-6-16(3)19(12-14)21-20(22)13-15(2)11-17-7-9-18(23-4)10-8-17/h5-10,12,15H,11,13H2,1-4H3,(H,21,22)/t15-/m1/s1. The number of rotatable bonds is 6. The lowest BCUT2D eigenvalue weighted by molar-refractivity contribution is -0.116. The lowest BCUT2D eigenvalue weighted by Gasteiger charge is -2.13. The number of benzene rings is 2. The Morgan fingerprint density at radius 3 is 2.48 bits per heavy atom. The van der Waals surface area contributed by atoms with Crippen molar-refractivity contribution in [1.29, 1.82) is 0 Å². The zero-order valence-corrected chi connectivity index (χ0v) is 14.3. The molecule has 3 heteroatoms. The largest absolute Gasteiger partial charge is 0.497 e. The summed E-state index contributed by atoms with van der Waals surface area (Å²) in [6.45, 7) is 6.14. The predicted molar refractivity (Wildman–Crippen MR) is 95.0 cm³/mol. The third-order valence-electron chi connectivity index (χ3n) is 3.94. The molecule has 2 aromatic carbocycles. The number of nitrogens with one attached hydrogen (secondary N) is 1. The lowest BCUT2D eigenvalue weighted by atomic mass is 9.97. The minimum Gasteiger partial charge on any atom is -0.497 e. The van der Waals surface area contributed by atoms with Crippen LogP contribution in [0, 0.1) is 19.8 Å². The van der Waals surface area contributed by atoms with Crippen LogP contribution in [0.3, 0.4) is 0 Å². The molecule has 0 aliphatic heterocycles. The Labute approximate surface area is 138 Å². The average molecular weight is 311 g/mol. The fourth-order valence-corrected chi connectivity index (χ4v) is 2.62. The number of hydrogen-bond donors (Lipinski definition) is 1. The van der Waals surface area contributed by atoms with Crippen molar-refractivity contribution in [3.8, 4) is 5.75 Å². The van der Waals surface area contributed by atoms with Crippen LogP contribution in [0.4, 0.5) is 5.69 Å². The topological polar surface area (TPSA) is 38.3 Å². The molecule has 0 radical (unpaired) electrons. The first-order valence-corrected chi connectivity index (χ1v) is 7.98. The van der Waals surface area contributed by atoms with Crippen LogP contribution in [0.2, 0.25) is 0 Å². The first-order valence-electron chi connectivity index (χ1n) is 7.98. The van der Waals surface area contributed by atoms with Crippen LogP contribution in [0.1, 0.15) is 30.0 Å². The Morgan fingerprint density at radius 1 is 1.13 bits per heavy atom. The van der Waals surface area contributed by atoms with Crippen LogP contribution < -0.4 is 10.1 Å². The number of amides is 1. The van der Waals surface area contributed by atoms with Gasteiger partial charge in [0, 0.05) is 12.1 Å². The fourth-order valence-electron chi connectivity index (χ4n) is 2.62. The maximum absolute atomic E-state index is 12.2. The van der Waals surface area contributed by atoms with Gasteiger partial charge < -0.3 is 10.1 Å². The molecule has 0 heterocycles. The summed E-state index contributed by atoms with van der Waals surface area (Å²) in [5, 5.41) is 3.03. The molecule has 0 saturated carbocycles. The van der Waals surface area contributed by atoms with E-state index >= 15 is 0 Å². The number of hydrogen-bond acceptors (Lipinski definition) is 2. The van der Waals surface area contributed by atoms with Crippen molar-refractivity contribution in [2.45, 2.75) is 33.6 Å². The molecular weight excluding hydrogens is 286 g/mol. The molecule has 0 spiro atoms. The predicted octanol–water partition coefficient (Wildman–Crippen LogP) is 4.52. The van der Waals surface area contributed by atoms with E-state index in [2.05, 4.69) is 30.4 Å². The zero-order valence-electron chi connectivity index (χ0n) is 14.3. The van der Waals surface area contributed by atoms with Crippen LogP contribution in [-0.2, 0) is 11.2 Å². The van der Waals surface area contributed by atoms with Gasteiger partial charge in [-0.3, -0.25) is 4.79 Å². The van der Waals surface area contributed by atoms with Gasteiger partial charge >= 0.3 is 0 Å². The van der Waals surface area contributed by atoms with Gasteiger partial charge in [-0.25, -0.2) is 0 Å². The van der Waals surface area contributed by atoms with Crippen molar-refractivity contribution in [2.75, 3.05) is 12.4 Å². The quantitative estimate of drug-likeness (QED) is 0.852. The third-order valence-corrected chi connectivity index (χ3v) is 3.94. The first-order chi connectivity index (χ1) is 11.0. The number of ether oxygens (including phenoxy) is 1. The zero-order chi connectivity index (χ0) is 16.8. The normalized spacial score (nSPS) is 11.8. The monoisotopic (exact) mass is 311 g/mol. The van der Waals surface area contributed by atoms with E-state index in [1.54, 1.807) is 7.11 Å². The highest BCUT2D eigenvalue weighted by Gasteiger charge is 2.11. The van der Waals surface area contributed by atoms with E-state index in [1.165, 1.54) is 5.56 Å². The minimum atomic E-state index is 0.0692. The molecule has 0 unspecified atom stereocenters. The summed E-state index contributed by atoms with van der Waals surface area (Å²) in [4.78, 5) is 12.2. The molecule has 2 aromatic rings. The summed E-state index contributed by atoms with van der Waals surface area (Å²) in [7, 11) is 1.66. The highest BCUT2D eigenvalue weighted by atomic mass is 16.5. The molecule has 3 nitrogen and oxygen atoms in total. The van der Waals surface area contributed by atoms with E-state index in [-0.39, 0.29) is 11.8 Å². The molecule has 122 valence electrons. The molecule has 23 heavy (non-hydrogen) atoms. The number of methoxy groups -OCH3 is 1. The Hall–Kier alpha value is -2.29. The first kappa shape index (κ1) is 17.1. The summed E-state index contributed by atoms with van der Waals surface area (Å²) < 4.78 is 5.16. The number of carbonyl (C=O) groups is 1. The Balaban J connectivity index is 1.90. The second kappa shape index (κ2) is 7.82. The summed E-state index contributed by atoms with van der Waals surface area (Å²) in [6.07, 6.45) is 1.39. The van der Waals surface area contributed by atoms with Gasteiger partial charge in [-0.1, -0.05) is 31.2 Å². The SMILES string of the molecule is COc1ccc(C[C@@H](C)CC(=O)Nc2cc(C)ccc2C)cc1. The molecule has 0 bridgehead atoms. The summed E-state index contributed by atoms with van der Waals surface area (Å²) in [6, 6.07) is 14.1. The van der Waals surface area contributed by atoms with Crippen LogP contribution >= 0.6 is 0 Å². The summed E-state index contributed by atoms with van der Waals surface area (Å²) in [5.41, 5.74) is 4.37. The molecule has 0 fully saturated rings. The van der Waals surface area contributed by atoms with Gasteiger partial charge in [0.15, 0.2) is 0 Å². The van der Waals surface area contributed by atoms with Crippen molar-refractivity contribution < 1.29 is 9.53 Å². The van der Waals surface area contributed by atoms with Crippen molar-refractivity contribution in [2.24, 2.45) is 5.92 Å². The molecule has 0 saturated heterocycles. The highest BCUT2D eigenvalue weighted by molar-refractivity contribution is 5.91. The van der Waals surface area contributed by atoms with E-state index in [0.717, 1.165) is 29.0 Å². The molecule has 1 atom stereocenters. The molecule has 0 aliphatic carbocycles. The molecule has 0 aliphatic rings. The van der Waals surface area contributed by atoms with Crippen LogP contribution in [0.5, 0.6) is 5.75 Å². The Morgan fingerprint density at radius 2 is 1.83 bits per heavy atom. The fraction of sp³-hybridized carbons (Fsp3) is 0.350. The summed E-state index contributed by atoms with van der Waals surface area (Å²) >= 11 is 0. The van der Waals surface area contributed by atoms with Crippen LogP contribution in [0.15, 0.2) is 42.5 Å². The average Bonchev–Trinajstić information content (AvgIpc) is 2.51. The Bertz CT molecular complexity index is 662. The van der Waals surface area contributed by atoms with Crippen molar-refractivity contribution >= 4 is 11.6 Å². The number of aryl methyl sites for hydroxylation is 2. The van der Waals surface area contributed by atoms with E-state index in [4.69, 9.17) is 4.74 Å². The second-order valence-corrected chi connectivity index (χ2v) is 6.23. The maximum Gasteiger partial charge on any atom is 0.224 e. The van der Waals surface area contributed by atoms with Gasteiger partial charge in [0.25, 0.3) is 0 Å². The second-order valence-electron chi connectivity index (χ2n) is 6.23. The molecule has 0 aromatic heterocycles. The van der Waals surface area contributed by atoms with Gasteiger partial charge in [-0.05, 0) is 61.1 Å². The van der Waals surface area contributed by atoms with Gasteiger partial charge in [0.05, 0.1) is 7.11 Å². The van der Waals surface area contributed by atoms with Crippen LogP contribution in [0.25, 0.3) is 0 Å². The van der Waals surface area contributed by atoms with Crippen molar-refractivity contribution in [1.82, 2.24) is 0 Å². The maximum atomic E-state index is 12.2. The van der Waals surface area contributed by atoms with Crippen molar-refractivity contribution in [3.05, 3.63) is 59.2 Å². The molecule has 1 N–H and O–H groups in total. The lowest BCUT2D eigenvalue weighted by Crippen LogP contribution is -2.17. The molecule has 2 rings (SSSR count). The van der Waals surface area contributed by atoms with Gasteiger partial charge in [-0.2, -0.15) is 0 Å². The van der Waals surface area contributed by atoms with E-state index < -0.39 is 0 Å². The van der Waals surface area contributed by atoms with E-state index in [9.17, 15) is 4.79 Å². The van der Waals surface area contributed by atoms with Gasteiger partial charge in [0.1, 0.15) is 5.75 Å². The highest BCUT2D eigenvalue weighted by Crippen LogP contribution is 2.19. The van der Waals surface area contributed by atoms with E-state index in [0.29, 0.717) is 6.42 Å². The molecule has 1 amide bonds.